The molecule has 0 bridgehead atoms. The van der Waals surface area contributed by atoms with Crippen molar-refractivity contribution >= 4 is 29.1 Å². The molecular formula is C14H19N3O2S2. The number of thioether (sulfide) groups is 1. The van der Waals surface area contributed by atoms with Gasteiger partial charge in [-0.3, -0.25) is 4.79 Å². The molecular weight excluding hydrogens is 306 g/mol. The lowest BCUT2D eigenvalue weighted by molar-refractivity contribution is -0.140. The quantitative estimate of drug-likeness (QED) is 0.422. The number of thiophene rings is 1. The molecule has 0 aliphatic heterocycles. The highest BCUT2D eigenvalue weighted by Crippen LogP contribution is 2.27. The van der Waals surface area contributed by atoms with Crippen LogP contribution in [0.5, 0.6) is 0 Å². The van der Waals surface area contributed by atoms with Gasteiger partial charge in [0.05, 0.1) is 17.2 Å². The molecule has 0 aromatic carbocycles. The summed E-state index contributed by atoms with van der Waals surface area (Å²) in [4.78, 5) is 12.7. The van der Waals surface area contributed by atoms with Gasteiger partial charge in [-0.15, -0.1) is 21.5 Å². The van der Waals surface area contributed by atoms with Crippen LogP contribution in [0.25, 0.3) is 10.7 Å². The Morgan fingerprint density at radius 1 is 1.43 bits per heavy atom. The second kappa shape index (κ2) is 8.19. The Kier molecular flexibility index (Phi) is 6.25. The molecule has 0 amide bonds. The van der Waals surface area contributed by atoms with Gasteiger partial charge >= 0.3 is 5.97 Å². The molecule has 2 heterocycles. The summed E-state index contributed by atoms with van der Waals surface area (Å²) < 4.78 is 7.17. The SMILES string of the molecule is CCCCOC(=O)CSc1nnc(-c2cccs2)n1CC. The number of aromatic nitrogens is 3. The maximum Gasteiger partial charge on any atom is 0.316 e. The van der Waals surface area contributed by atoms with E-state index in [2.05, 4.69) is 17.1 Å². The van der Waals surface area contributed by atoms with E-state index in [4.69, 9.17) is 4.74 Å². The molecule has 0 aliphatic carbocycles. The number of esters is 1. The van der Waals surface area contributed by atoms with Crippen LogP contribution in [0.15, 0.2) is 22.7 Å². The number of ether oxygens (including phenoxy) is 1. The third-order valence-electron chi connectivity index (χ3n) is 2.85. The van der Waals surface area contributed by atoms with E-state index in [-0.39, 0.29) is 11.7 Å². The van der Waals surface area contributed by atoms with Gasteiger partial charge in [0.25, 0.3) is 0 Å². The summed E-state index contributed by atoms with van der Waals surface area (Å²) in [5.41, 5.74) is 0. The predicted molar refractivity (Wildman–Crippen MR) is 85.6 cm³/mol. The molecule has 2 aromatic heterocycles. The van der Waals surface area contributed by atoms with E-state index in [1.807, 2.05) is 29.0 Å². The molecule has 0 spiro atoms. The summed E-state index contributed by atoms with van der Waals surface area (Å²) >= 11 is 3.01. The first-order chi connectivity index (χ1) is 10.3. The summed E-state index contributed by atoms with van der Waals surface area (Å²) in [6.07, 6.45) is 1.93. The lowest BCUT2D eigenvalue weighted by atomic mass is 10.4. The normalized spacial score (nSPS) is 10.8. The topological polar surface area (TPSA) is 57.0 Å². The van der Waals surface area contributed by atoms with Crippen LogP contribution in [0.1, 0.15) is 26.7 Å². The summed E-state index contributed by atoms with van der Waals surface area (Å²) in [6.45, 7) is 5.38. The first-order valence-corrected chi connectivity index (χ1v) is 8.88. The zero-order valence-electron chi connectivity index (χ0n) is 12.2. The van der Waals surface area contributed by atoms with Crippen molar-refractivity contribution in [3.8, 4) is 10.7 Å². The molecule has 5 nitrogen and oxygen atoms in total. The lowest BCUT2D eigenvalue weighted by Crippen LogP contribution is -2.09. The average Bonchev–Trinajstić information content (AvgIpc) is 3.13. The Hall–Kier alpha value is -1.34. The first kappa shape index (κ1) is 16.0. The van der Waals surface area contributed by atoms with E-state index < -0.39 is 0 Å². The van der Waals surface area contributed by atoms with Crippen molar-refractivity contribution in [3.05, 3.63) is 17.5 Å². The molecule has 0 aliphatic rings. The highest BCUT2D eigenvalue weighted by Gasteiger charge is 2.15. The fraction of sp³-hybridized carbons (Fsp3) is 0.500. The predicted octanol–water partition coefficient (Wildman–Crippen LogP) is 3.46. The number of nitrogens with zero attached hydrogens (tertiary/aromatic N) is 3. The van der Waals surface area contributed by atoms with Gasteiger partial charge in [0.15, 0.2) is 11.0 Å². The number of carbonyl (C=O) groups excluding carboxylic acids is 1. The fourth-order valence-electron chi connectivity index (χ4n) is 1.76. The van der Waals surface area contributed by atoms with Crippen LogP contribution in [-0.2, 0) is 16.1 Å². The minimum absolute atomic E-state index is 0.197. The molecule has 0 radical (unpaired) electrons. The Bertz CT molecular complexity index is 567. The number of rotatable bonds is 8. The molecule has 0 fully saturated rings. The minimum Gasteiger partial charge on any atom is -0.465 e. The van der Waals surface area contributed by atoms with Gasteiger partial charge < -0.3 is 9.30 Å². The van der Waals surface area contributed by atoms with Crippen LogP contribution in [0, 0.1) is 0 Å². The number of hydrogen-bond acceptors (Lipinski definition) is 6. The Morgan fingerprint density at radius 2 is 2.29 bits per heavy atom. The lowest BCUT2D eigenvalue weighted by Gasteiger charge is -2.06. The molecule has 2 aromatic rings. The summed E-state index contributed by atoms with van der Waals surface area (Å²) in [5.74, 6) is 0.929. The molecule has 0 saturated carbocycles. The van der Waals surface area contributed by atoms with Crippen molar-refractivity contribution in [2.75, 3.05) is 12.4 Å². The van der Waals surface area contributed by atoms with Gasteiger partial charge in [0.1, 0.15) is 0 Å². The molecule has 0 atom stereocenters. The van der Waals surface area contributed by atoms with E-state index in [0.29, 0.717) is 6.61 Å². The minimum atomic E-state index is -0.197. The Morgan fingerprint density at radius 3 is 2.95 bits per heavy atom. The van der Waals surface area contributed by atoms with Gasteiger partial charge in [-0.2, -0.15) is 0 Å². The van der Waals surface area contributed by atoms with E-state index in [9.17, 15) is 4.79 Å². The fourth-order valence-corrected chi connectivity index (χ4v) is 3.28. The van der Waals surface area contributed by atoms with Crippen molar-refractivity contribution in [2.45, 2.75) is 38.4 Å². The zero-order valence-corrected chi connectivity index (χ0v) is 13.9. The van der Waals surface area contributed by atoms with Crippen LogP contribution < -0.4 is 0 Å². The molecule has 0 N–H and O–H groups in total. The van der Waals surface area contributed by atoms with Crippen LogP contribution >= 0.6 is 23.1 Å². The highest BCUT2D eigenvalue weighted by molar-refractivity contribution is 7.99. The average molecular weight is 325 g/mol. The van der Waals surface area contributed by atoms with Crippen LogP contribution in [0.2, 0.25) is 0 Å². The molecule has 2 rings (SSSR count). The van der Waals surface area contributed by atoms with E-state index >= 15 is 0 Å². The van der Waals surface area contributed by atoms with Crippen LogP contribution in [-0.4, -0.2) is 33.1 Å². The summed E-state index contributed by atoms with van der Waals surface area (Å²) in [5, 5.41) is 11.2. The van der Waals surface area contributed by atoms with Crippen LogP contribution in [0.4, 0.5) is 0 Å². The van der Waals surface area contributed by atoms with Gasteiger partial charge in [-0.1, -0.05) is 31.2 Å². The molecule has 7 heteroatoms. The summed E-state index contributed by atoms with van der Waals surface area (Å²) in [6, 6.07) is 4.01. The monoisotopic (exact) mass is 325 g/mol. The maximum absolute atomic E-state index is 11.6. The second-order valence-corrected chi connectivity index (χ2v) is 6.28. The summed E-state index contributed by atoms with van der Waals surface area (Å²) in [7, 11) is 0. The van der Waals surface area contributed by atoms with Gasteiger partial charge in [0, 0.05) is 6.54 Å². The molecule has 0 unspecified atom stereocenters. The first-order valence-electron chi connectivity index (χ1n) is 7.01. The van der Waals surface area contributed by atoms with Crippen molar-refractivity contribution < 1.29 is 9.53 Å². The van der Waals surface area contributed by atoms with E-state index in [1.54, 1.807) is 11.3 Å². The third kappa shape index (κ3) is 4.31. The number of hydrogen-bond donors (Lipinski definition) is 0. The Balaban J connectivity index is 1.96. The number of carbonyl (C=O) groups is 1. The van der Waals surface area contributed by atoms with Gasteiger partial charge in [-0.25, -0.2) is 0 Å². The van der Waals surface area contributed by atoms with E-state index in [0.717, 1.165) is 35.2 Å². The van der Waals surface area contributed by atoms with Crippen LogP contribution in [0.3, 0.4) is 0 Å². The smallest absolute Gasteiger partial charge is 0.316 e. The van der Waals surface area contributed by atoms with E-state index in [1.165, 1.54) is 11.8 Å². The third-order valence-corrected chi connectivity index (χ3v) is 4.66. The zero-order chi connectivity index (χ0) is 15.1. The van der Waals surface area contributed by atoms with Gasteiger partial charge in [0.2, 0.25) is 0 Å². The molecule has 0 saturated heterocycles. The van der Waals surface area contributed by atoms with Gasteiger partial charge in [-0.05, 0) is 24.8 Å². The van der Waals surface area contributed by atoms with Crippen molar-refractivity contribution in [1.29, 1.82) is 0 Å². The second-order valence-electron chi connectivity index (χ2n) is 4.39. The van der Waals surface area contributed by atoms with Crippen molar-refractivity contribution in [1.82, 2.24) is 14.8 Å². The Labute approximate surface area is 132 Å². The maximum atomic E-state index is 11.6. The molecule has 21 heavy (non-hydrogen) atoms. The number of unbranched alkanes of at least 4 members (excludes halogenated alkanes) is 1. The van der Waals surface area contributed by atoms with Crippen molar-refractivity contribution in [3.63, 3.8) is 0 Å². The van der Waals surface area contributed by atoms with Crippen molar-refractivity contribution in [2.24, 2.45) is 0 Å². The largest absolute Gasteiger partial charge is 0.465 e. The molecule has 114 valence electrons. The highest BCUT2D eigenvalue weighted by atomic mass is 32.2. The standard InChI is InChI=1S/C14H19N3O2S2/c1-3-5-8-19-12(18)10-21-14-16-15-13(17(14)4-2)11-7-6-9-20-11/h6-7,9H,3-5,8,10H2,1-2H3.